The molecular formula is C9H17N3O5S. The monoisotopic (exact) mass is 279 g/mol. The maximum atomic E-state index is 11.3. The van der Waals surface area contributed by atoms with Gasteiger partial charge in [-0.2, -0.15) is 13.1 Å². The molecule has 0 aliphatic heterocycles. The summed E-state index contributed by atoms with van der Waals surface area (Å²) in [6, 6.07) is 0. The minimum absolute atomic E-state index is 0.00714. The van der Waals surface area contributed by atoms with E-state index in [4.69, 9.17) is 0 Å². The van der Waals surface area contributed by atoms with Crippen LogP contribution in [0.3, 0.4) is 0 Å². The number of carbonyl (C=O) groups excluding carboxylic acids is 2. The summed E-state index contributed by atoms with van der Waals surface area (Å²) in [5, 5.41) is 2.59. The number of hydrogen-bond acceptors (Lipinski definition) is 5. The molecule has 0 heterocycles. The van der Waals surface area contributed by atoms with Crippen molar-refractivity contribution in [3.8, 4) is 0 Å². The van der Waals surface area contributed by atoms with Crippen molar-refractivity contribution in [3.05, 3.63) is 0 Å². The van der Waals surface area contributed by atoms with E-state index in [1.807, 2.05) is 0 Å². The van der Waals surface area contributed by atoms with Crippen molar-refractivity contribution in [2.75, 3.05) is 19.7 Å². The van der Waals surface area contributed by atoms with Gasteiger partial charge in [-0.05, 0) is 19.8 Å². The van der Waals surface area contributed by atoms with Gasteiger partial charge >= 0.3 is 16.3 Å². The Morgan fingerprint density at radius 2 is 1.94 bits per heavy atom. The molecule has 1 fully saturated rings. The molecule has 9 heteroatoms. The van der Waals surface area contributed by atoms with Crippen molar-refractivity contribution in [2.24, 2.45) is 5.92 Å². The molecular weight excluding hydrogens is 262 g/mol. The third kappa shape index (κ3) is 5.82. The largest absolute Gasteiger partial charge is 0.449 e. The van der Waals surface area contributed by atoms with Crippen molar-refractivity contribution in [1.29, 1.82) is 0 Å². The van der Waals surface area contributed by atoms with E-state index in [1.54, 1.807) is 11.6 Å². The summed E-state index contributed by atoms with van der Waals surface area (Å²) in [7, 11) is -3.93. The van der Waals surface area contributed by atoms with Gasteiger partial charge in [0.25, 0.3) is 0 Å². The summed E-state index contributed by atoms with van der Waals surface area (Å²) in [6.45, 7) is 1.83. The Morgan fingerprint density at radius 1 is 1.28 bits per heavy atom. The molecule has 1 aliphatic carbocycles. The summed E-state index contributed by atoms with van der Waals surface area (Å²) in [6.07, 6.45) is 0.747. The lowest BCUT2D eigenvalue weighted by molar-refractivity contribution is -0.122. The number of ether oxygens (including phenoxy) is 1. The fraction of sp³-hybridized carbons (Fsp3) is 0.778. The minimum atomic E-state index is -3.93. The fourth-order valence-electron chi connectivity index (χ4n) is 1.17. The summed E-state index contributed by atoms with van der Waals surface area (Å²) in [5.41, 5.74) is 0. The lowest BCUT2D eigenvalue weighted by Gasteiger charge is -2.08. The minimum Gasteiger partial charge on any atom is -0.449 e. The molecule has 0 atom stereocenters. The zero-order chi connectivity index (χ0) is 13.6. The van der Waals surface area contributed by atoms with Gasteiger partial charge in [0.15, 0.2) is 0 Å². The van der Waals surface area contributed by atoms with E-state index < -0.39 is 16.3 Å². The third-order valence-electron chi connectivity index (χ3n) is 2.16. The van der Waals surface area contributed by atoms with Crippen LogP contribution < -0.4 is 14.8 Å². The van der Waals surface area contributed by atoms with Crippen LogP contribution in [0.4, 0.5) is 4.79 Å². The van der Waals surface area contributed by atoms with E-state index in [-0.39, 0.29) is 31.5 Å². The van der Waals surface area contributed by atoms with Crippen molar-refractivity contribution >= 4 is 22.2 Å². The smallest absolute Gasteiger partial charge is 0.421 e. The van der Waals surface area contributed by atoms with Gasteiger partial charge in [0, 0.05) is 19.0 Å². The summed E-state index contributed by atoms with van der Waals surface area (Å²) < 4.78 is 30.7. The Hall–Kier alpha value is -1.35. The Kier molecular flexibility index (Phi) is 5.35. The molecule has 0 spiro atoms. The maximum Gasteiger partial charge on any atom is 0.421 e. The molecule has 0 unspecified atom stereocenters. The summed E-state index contributed by atoms with van der Waals surface area (Å²) in [4.78, 5) is 22.1. The van der Waals surface area contributed by atoms with Gasteiger partial charge in [0.1, 0.15) is 0 Å². The molecule has 8 nitrogen and oxygen atoms in total. The number of nitrogens with one attached hydrogen (secondary N) is 3. The molecule has 0 bridgehead atoms. The average molecular weight is 279 g/mol. The quantitative estimate of drug-likeness (QED) is 0.522. The number of rotatable bonds is 7. The topological polar surface area (TPSA) is 114 Å². The normalized spacial score (nSPS) is 14.9. The van der Waals surface area contributed by atoms with Gasteiger partial charge in [-0.1, -0.05) is 0 Å². The predicted molar refractivity (Wildman–Crippen MR) is 62.8 cm³/mol. The second kappa shape index (κ2) is 6.55. The van der Waals surface area contributed by atoms with Crippen LogP contribution in [0.25, 0.3) is 0 Å². The molecule has 104 valence electrons. The van der Waals surface area contributed by atoms with Gasteiger partial charge < -0.3 is 10.1 Å². The van der Waals surface area contributed by atoms with Gasteiger partial charge in [0.05, 0.1) is 6.61 Å². The molecule has 2 amide bonds. The fourth-order valence-corrected chi connectivity index (χ4v) is 1.89. The number of amides is 2. The van der Waals surface area contributed by atoms with Crippen molar-refractivity contribution < 1.29 is 22.7 Å². The van der Waals surface area contributed by atoms with Crippen LogP contribution in [0.5, 0.6) is 0 Å². The number of carbonyl (C=O) groups is 2. The standard InChI is InChI=1S/C9H17N3O5S/c1-2-17-9(14)12-18(15,16)11-6-5-10-8(13)7-3-4-7/h7,11H,2-6H2,1H3,(H,10,13)(H,12,14). The van der Waals surface area contributed by atoms with Crippen LogP contribution in [0.2, 0.25) is 0 Å². The Balaban J connectivity index is 2.16. The highest BCUT2D eigenvalue weighted by Crippen LogP contribution is 2.28. The van der Waals surface area contributed by atoms with E-state index in [2.05, 4.69) is 14.8 Å². The number of hydrogen-bond donors (Lipinski definition) is 3. The van der Waals surface area contributed by atoms with Crippen LogP contribution in [0, 0.1) is 5.92 Å². The highest BCUT2D eigenvalue weighted by atomic mass is 32.2. The highest BCUT2D eigenvalue weighted by molar-refractivity contribution is 7.88. The second-order valence-corrected chi connectivity index (χ2v) is 5.29. The first-order chi connectivity index (χ1) is 8.44. The lowest BCUT2D eigenvalue weighted by atomic mass is 10.4. The SMILES string of the molecule is CCOC(=O)NS(=O)(=O)NCCNC(=O)C1CC1. The van der Waals surface area contributed by atoms with Gasteiger partial charge in [-0.15, -0.1) is 0 Å². The van der Waals surface area contributed by atoms with Crippen LogP contribution in [-0.4, -0.2) is 40.1 Å². The van der Waals surface area contributed by atoms with Gasteiger partial charge in [-0.3, -0.25) is 4.79 Å². The van der Waals surface area contributed by atoms with E-state index in [9.17, 15) is 18.0 Å². The summed E-state index contributed by atoms with van der Waals surface area (Å²) in [5.74, 6) is 0.0202. The van der Waals surface area contributed by atoms with Crippen molar-refractivity contribution in [3.63, 3.8) is 0 Å². The second-order valence-electron chi connectivity index (χ2n) is 3.79. The maximum absolute atomic E-state index is 11.3. The lowest BCUT2D eigenvalue weighted by Crippen LogP contribution is -2.43. The first-order valence-corrected chi connectivity index (χ1v) is 7.15. The first kappa shape index (κ1) is 14.7. The third-order valence-corrected chi connectivity index (χ3v) is 3.18. The molecule has 0 radical (unpaired) electrons. The van der Waals surface area contributed by atoms with E-state index in [1.165, 1.54) is 0 Å². The van der Waals surface area contributed by atoms with Crippen LogP contribution >= 0.6 is 0 Å². The van der Waals surface area contributed by atoms with Gasteiger partial charge in [-0.25, -0.2) is 9.52 Å². The molecule has 0 aromatic carbocycles. The van der Waals surface area contributed by atoms with Crippen molar-refractivity contribution in [1.82, 2.24) is 14.8 Å². The molecule has 1 saturated carbocycles. The highest BCUT2D eigenvalue weighted by Gasteiger charge is 2.29. The van der Waals surface area contributed by atoms with E-state index >= 15 is 0 Å². The van der Waals surface area contributed by atoms with Crippen LogP contribution in [0.1, 0.15) is 19.8 Å². The molecule has 1 rings (SSSR count). The molecule has 0 aromatic rings. The molecule has 0 saturated heterocycles. The average Bonchev–Trinajstić information content (AvgIpc) is 3.07. The Bertz CT molecular complexity index is 404. The van der Waals surface area contributed by atoms with Crippen LogP contribution in [-0.2, 0) is 19.7 Å². The molecule has 3 N–H and O–H groups in total. The first-order valence-electron chi connectivity index (χ1n) is 5.66. The molecule has 0 aromatic heterocycles. The Morgan fingerprint density at radius 3 is 2.50 bits per heavy atom. The molecule has 1 aliphatic rings. The predicted octanol–water partition coefficient (Wildman–Crippen LogP) is -0.907. The summed E-state index contributed by atoms with van der Waals surface area (Å²) >= 11 is 0. The zero-order valence-electron chi connectivity index (χ0n) is 10.1. The van der Waals surface area contributed by atoms with Crippen molar-refractivity contribution in [2.45, 2.75) is 19.8 Å². The molecule has 18 heavy (non-hydrogen) atoms. The van der Waals surface area contributed by atoms with E-state index in [0.717, 1.165) is 12.8 Å². The Labute approximate surface area is 106 Å². The van der Waals surface area contributed by atoms with Crippen LogP contribution in [0.15, 0.2) is 0 Å². The zero-order valence-corrected chi connectivity index (χ0v) is 10.9. The van der Waals surface area contributed by atoms with Gasteiger partial charge in [0.2, 0.25) is 5.91 Å². The van der Waals surface area contributed by atoms with E-state index in [0.29, 0.717) is 0 Å².